The van der Waals surface area contributed by atoms with E-state index in [9.17, 15) is 0 Å². The van der Waals surface area contributed by atoms with Crippen LogP contribution in [-0.4, -0.2) is 36.1 Å². The first-order chi connectivity index (χ1) is 6.89. The Balaban J connectivity index is 2.68. The molecule has 3 nitrogen and oxygen atoms in total. The van der Waals surface area contributed by atoms with Gasteiger partial charge in [-0.25, -0.2) is 4.98 Å². The first-order valence-corrected chi connectivity index (χ1v) is 5.32. The molecule has 84 valence electrons. The number of likely N-dealkylation sites (N-methyl/N-ethyl adjacent to an activating group) is 1. The molecule has 1 aromatic rings. The number of hydrogen-bond donors (Lipinski definition) is 1. The molecule has 0 unspecified atom stereocenters. The fraction of sp³-hybridized carbons (Fsp3) is 0.545. The van der Waals surface area contributed by atoms with Crippen LogP contribution in [0.5, 0.6) is 0 Å². The molecule has 0 atom stereocenters. The number of halogens is 1. The highest BCUT2D eigenvalue weighted by Crippen LogP contribution is 2.15. The predicted molar refractivity (Wildman–Crippen MR) is 65.5 cm³/mol. The molecular formula is C11H18ClN3. The van der Waals surface area contributed by atoms with Crippen LogP contribution in [0.1, 0.15) is 13.8 Å². The average molecular weight is 228 g/mol. The van der Waals surface area contributed by atoms with Gasteiger partial charge in [-0.15, -0.1) is 0 Å². The number of hydrogen-bond acceptors (Lipinski definition) is 3. The lowest BCUT2D eigenvalue weighted by Gasteiger charge is -2.30. The minimum atomic E-state index is -0.0266. The lowest BCUT2D eigenvalue weighted by molar-refractivity contribution is 0.333. The number of rotatable bonds is 4. The number of aromatic nitrogens is 1. The standard InChI is InChI=1S/C11H18ClN3/c1-11(2,8-15(3)4)14-10-7-5-6-9(12)13-10/h5-7H,8H2,1-4H3,(H,13,14). The second-order valence-corrected chi connectivity index (χ2v) is 4.98. The van der Waals surface area contributed by atoms with Crippen molar-refractivity contribution in [1.82, 2.24) is 9.88 Å². The Kier molecular flexibility index (Phi) is 3.94. The smallest absolute Gasteiger partial charge is 0.131 e. The third-order valence-electron chi connectivity index (χ3n) is 1.89. The summed E-state index contributed by atoms with van der Waals surface area (Å²) in [6.07, 6.45) is 0. The Labute approximate surface area is 96.5 Å². The van der Waals surface area contributed by atoms with Gasteiger partial charge in [0.2, 0.25) is 0 Å². The highest BCUT2D eigenvalue weighted by molar-refractivity contribution is 6.29. The van der Waals surface area contributed by atoms with E-state index in [1.165, 1.54) is 0 Å². The molecule has 0 aromatic carbocycles. The molecule has 1 rings (SSSR count). The third-order valence-corrected chi connectivity index (χ3v) is 2.10. The van der Waals surface area contributed by atoms with Gasteiger partial charge in [0.15, 0.2) is 0 Å². The molecule has 0 aliphatic rings. The molecule has 0 saturated heterocycles. The predicted octanol–water partition coefficient (Wildman–Crippen LogP) is 2.49. The number of anilines is 1. The van der Waals surface area contributed by atoms with Gasteiger partial charge in [-0.3, -0.25) is 0 Å². The van der Waals surface area contributed by atoms with Gasteiger partial charge in [0.25, 0.3) is 0 Å². The van der Waals surface area contributed by atoms with Crippen molar-refractivity contribution in [2.24, 2.45) is 0 Å². The molecule has 0 aliphatic heterocycles. The Bertz CT molecular complexity index is 323. The van der Waals surface area contributed by atoms with Gasteiger partial charge in [-0.1, -0.05) is 17.7 Å². The SMILES string of the molecule is CN(C)CC(C)(C)Nc1cccc(Cl)n1. The highest BCUT2D eigenvalue weighted by Gasteiger charge is 2.18. The van der Waals surface area contributed by atoms with Crippen LogP contribution in [-0.2, 0) is 0 Å². The van der Waals surface area contributed by atoms with Crippen LogP contribution in [0.15, 0.2) is 18.2 Å². The second-order valence-electron chi connectivity index (χ2n) is 4.59. The zero-order valence-corrected chi connectivity index (χ0v) is 10.5. The maximum atomic E-state index is 5.82. The molecule has 15 heavy (non-hydrogen) atoms. The molecule has 1 aromatic heterocycles. The fourth-order valence-electron chi connectivity index (χ4n) is 1.65. The Morgan fingerprint density at radius 2 is 2.07 bits per heavy atom. The van der Waals surface area contributed by atoms with E-state index in [-0.39, 0.29) is 5.54 Å². The molecule has 0 aliphatic carbocycles. The van der Waals surface area contributed by atoms with Crippen molar-refractivity contribution in [2.45, 2.75) is 19.4 Å². The van der Waals surface area contributed by atoms with Crippen molar-refractivity contribution in [1.29, 1.82) is 0 Å². The third kappa shape index (κ3) is 4.49. The van der Waals surface area contributed by atoms with E-state index < -0.39 is 0 Å². The molecule has 1 N–H and O–H groups in total. The van der Waals surface area contributed by atoms with Crippen molar-refractivity contribution in [3.63, 3.8) is 0 Å². The summed E-state index contributed by atoms with van der Waals surface area (Å²) >= 11 is 5.82. The van der Waals surface area contributed by atoms with Gasteiger partial charge < -0.3 is 10.2 Å². The van der Waals surface area contributed by atoms with Crippen molar-refractivity contribution >= 4 is 17.4 Å². The van der Waals surface area contributed by atoms with E-state index in [2.05, 4.69) is 43.1 Å². The normalized spacial score (nSPS) is 11.9. The van der Waals surface area contributed by atoms with Crippen molar-refractivity contribution < 1.29 is 0 Å². The lowest BCUT2D eigenvalue weighted by Crippen LogP contribution is -2.41. The molecule has 1 heterocycles. The quantitative estimate of drug-likeness (QED) is 0.802. The van der Waals surface area contributed by atoms with E-state index in [1.54, 1.807) is 6.07 Å². The van der Waals surface area contributed by atoms with Crippen LogP contribution in [0.25, 0.3) is 0 Å². The van der Waals surface area contributed by atoms with Crippen molar-refractivity contribution in [2.75, 3.05) is 26.0 Å². The van der Waals surface area contributed by atoms with Crippen molar-refractivity contribution in [3.05, 3.63) is 23.4 Å². The minimum absolute atomic E-state index is 0.0266. The Morgan fingerprint density at radius 1 is 1.40 bits per heavy atom. The minimum Gasteiger partial charge on any atom is -0.364 e. The van der Waals surface area contributed by atoms with Gasteiger partial charge in [-0.05, 0) is 40.1 Å². The summed E-state index contributed by atoms with van der Waals surface area (Å²) < 4.78 is 0. The van der Waals surface area contributed by atoms with Crippen LogP contribution >= 0.6 is 11.6 Å². The summed E-state index contributed by atoms with van der Waals surface area (Å²) in [5.41, 5.74) is -0.0266. The monoisotopic (exact) mass is 227 g/mol. The molecule has 0 fully saturated rings. The zero-order chi connectivity index (χ0) is 11.5. The number of nitrogens with one attached hydrogen (secondary N) is 1. The van der Waals surface area contributed by atoms with E-state index in [1.807, 2.05) is 12.1 Å². The molecule has 0 radical (unpaired) electrons. The molecule has 0 spiro atoms. The largest absolute Gasteiger partial charge is 0.364 e. The van der Waals surface area contributed by atoms with Gasteiger partial charge in [0.05, 0.1) is 0 Å². The van der Waals surface area contributed by atoms with E-state index in [4.69, 9.17) is 11.6 Å². The van der Waals surface area contributed by atoms with Gasteiger partial charge in [-0.2, -0.15) is 0 Å². The molecule has 0 saturated carbocycles. The zero-order valence-electron chi connectivity index (χ0n) is 9.71. The first-order valence-electron chi connectivity index (χ1n) is 4.94. The van der Waals surface area contributed by atoms with Crippen LogP contribution in [0.4, 0.5) is 5.82 Å². The second kappa shape index (κ2) is 4.81. The fourth-order valence-corrected chi connectivity index (χ4v) is 1.82. The summed E-state index contributed by atoms with van der Waals surface area (Å²) in [5.74, 6) is 0.814. The molecule has 4 heteroatoms. The van der Waals surface area contributed by atoms with Crippen LogP contribution in [0.3, 0.4) is 0 Å². The summed E-state index contributed by atoms with van der Waals surface area (Å²) in [5, 5.41) is 3.87. The Morgan fingerprint density at radius 3 is 2.60 bits per heavy atom. The van der Waals surface area contributed by atoms with E-state index in [0.717, 1.165) is 12.4 Å². The van der Waals surface area contributed by atoms with Gasteiger partial charge in [0.1, 0.15) is 11.0 Å². The van der Waals surface area contributed by atoms with Crippen molar-refractivity contribution in [3.8, 4) is 0 Å². The van der Waals surface area contributed by atoms with Crippen LogP contribution in [0, 0.1) is 0 Å². The van der Waals surface area contributed by atoms with Gasteiger partial charge in [0, 0.05) is 12.1 Å². The van der Waals surface area contributed by atoms with E-state index >= 15 is 0 Å². The first kappa shape index (κ1) is 12.3. The molecule has 0 bridgehead atoms. The lowest BCUT2D eigenvalue weighted by atomic mass is 10.1. The topological polar surface area (TPSA) is 28.2 Å². The molecule has 0 amide bonds. The summed E-state index contributed by atoms with van der Waals surface area (Å²) in [6, 6.07) is 5.58. The highest BCUT2D eigenvalue weighted by atomic mass is 35.5. The van der Waals surface area contributed by atoms with Crippen LogP contribution in [0.2, 0.25) is 5.15 Å². The molecular weight excluding hydrogens is 210 g/mol. The van der Waals surface area contributed by atoms with E-state index in [0.29, 0.717) is 5.15 Å². The average Bonchev–Trinajstić information content (AvgIpc) is 1.99. The summed E-state index contributed by atoms with van der Waals surface area (Å²) in [4.78, 5) is 6.34. The Hall–Kier alpha value is -0.800. The summed E-state index contributed by atoms with van der Waals surface area (Å²) in [7, 11) is 4.10. The maximum Gasteiger partial charge on any atom is 0.131 e. The summed E-state index contributed by atoms with van der Waals surface area (Å²) in [6.45, 7) is 5.20. The number of nitrogens with zero attached hydrogens (tertiary/aromatic N) is 2. The van der Waals surface area contributed by atoms with Crippen LogP contribution < -0.4 is 5.32 Å². The van der Waals surface area contributed by atoms with Gasteiger partial charge >= 0.3 is 0 Å². The maximum absolute atomic E-state index is 5.82. The number of pyridine rings is 1.